The lowest BCUT2D eigenvalue weighted by Crippen LogP contribution is -2.08. The molecule has 1 N–H and O–H groups in total. The number of benzene rings is 2. The summed E-state index contributed by atoms with van der Waals surface area (Å²) in [6.07, 6.45) is -4.69. The van der Waals surface area contributed by atoms with Crippen LogP contribution in [0.4, 0.5) is 30.2 Å². The van der Waals surface area contributed by atoms with E-state index in [1.807, 2.05) is 0 Å². The minimum Gasteiger partial charge on any atom is -0.465 e. The van der Waals surface area contributed by atoms with E-state index in [0.29, 0.717) is 17.3 Å². The molecule has 0 bridgehead atoms. The van der Waals surface area contributed by atoms with E-state index >= 15 is 0 Å². The molecular formula is C16H13F3N2O4. The van der Waals surface area contributed by atoms with Crippen LogP contribution < -0.4 is 5.32 Å². The summed E-state index contributed by atoms with van der Waals surface area (Å²) in [4.78, 5) is 21.9. The summed E-state index contributed by atoms with van der Waals surface area (Å²) in [6.45, 7) is 1.59. The molecule has 0 saturated carbocycles. The third-order valence-corrected chi connectivity index (χ3v) is 3.53. The maximum atomic E-state index is 12.7. The molecule has 0 unspecified atom stereocenters. The number of anilines is 2. The van der Waals surface area contributed by atoms with Gasteiger partial charge < -0.3 is 10.1 Å². The van der Waals surface area contributed by atoms with Crippen molar-refractivity contribution in [2.75, 3.05) is 12.4 Å². The topological polar surface area (TPSA) is 81.5 Å². The molecule has 0 radical (unpaired) electrons. The molecule has 0 saturated heterocycles. The molecule has 0 aliphatic heterocycles. The zero-order valence-corrected chi connectivity index (χ0v) is 13.2. The fraction of sp³-hybridized carbons (Fsp3) is 0.188. The summed E-state index contributed by atoms with van der Waals surface area (Å²) < 4.78 is 42.9. The summed E-state index contributed by atoms with van der Waals surface area (Å²) in [7, 11) is 1.21. The van der Waals surface area contributed by atoms with Crippen LogP contribution in [-0.4, -0.2) is 18.0 Å². The quantitative estimate of drug-likeness (QED) is 0.498. The zero-order valence-electron chi connectivity index (χ0n) is 13.2. The third-order valence-electron chi connectivity index (χ3n) is 3.53. The lowest BCUT2D eigenvalue weighted by molar-refractivity contribution is -0.384. The molecule has 0 atom stereocenters. The van der Waals surface area contributed by atoms with Gasteiger partial charge in [-0.15, -0.1) is 0 Å². The SMILES string of the molecule is COC(=O)c1cccc(Nc2ccc(C(F)(F)F)cc2[N+](=O)[O-])c1C. The average molecular weight is 354 g/mol. The standard InChI is InChI=1S/C16H13F3N2O4/c1-9-11(15(22)25-2)4-3-5-12(9)20-13-7-6-10(16(17,18)19)8-14(13)21(23)24/h3-8,20H,1-2H3. The Morgan fingerprint density at radius 2 is 1.88 bits per heavy atom. The van der Waals surface area contributed by atoms with Gasteiger partial charge in [-0.1, -0.05) is 6.07 Å². The van der Waals surface area contributed by atoms with Gasteiger partial charge in [-0.2, -0.15) is 13.2 Å². The smallest absolute Gasteiger partial charge is 0.416 e. The minimum absolute atomic E-state index is 0.122. The van der Waals surface area contributed by atoms with Gasteiger partial charge in [0.25, 0.3) is 5.69 Å². The molecule has 132 valence electrons. The third kappa shape index (κ3) is 3.87. The predicted molar refractivity (Wildman–Crippen MR) is 83.9 cm³/mol. The van der Waals surface area contributed by atoms with Gasteiger partial charge in [0, 0.05) is 11.8 Å². The lowest BCUT2D eigenvalue weighted by Gasteiger charge is -2.14. The van der Waals surface area contributed by atoms with Crippen molar-refractivity contribution in [3.63, 3.8) is 0 Å². The largest absolute Gasteiger partial charge is 0.465 e. The Labute approximate surface area is 140 Å². The van der Waals surface area contributed by atoms with Crippen LogP contribution in [0.15, 0.2) is 36.4 Å². The highest BCUT2D eigenvalue weighted by Crippen LogP contribution is 2.36. The van der Waals surface area contributed by atoms with Crippen LogP contribution in [0.2, 0.25) is 0 Å². The van der Waals surface area contributed by atoms with Crippen molar-refractivity contribution in [3.8, 4) is 0 Å². The second-order valence-corrected chi connectivity index (χ2v) is 5.08. The Bertz CT molecular complexity index is 835. The molecule has 2 aromatic rings. The van der Waals surface area contributed by atoms with E-state index in [1.54, 1.807) is 13.0 Å². The van der Waals surface area contributed by atoms with Crippen molar-refractivity contribution < 1.29 is 27.6 Å². The van der Waals surface area contributed by atoms with Crippen molar-refractivity contribution in [2.45, 2.75) is 13.1 Å². The molecule has 2 rings (SSSR count). The molecule has 0 fully saturated rings. The number of nitro benzene ring substituents is 1. The van der Waals surface area contributed by atoms with Crippen LogP contribution in [0, 0.1) is 17.0 Å². The summed E-state index contributed by atoms with van der Waals surface area (Å²) in [5, 5.41) is 13.8. The van der Waals surface area contributed by atoms with Gasteiger partial charge >= 0.3 is 12.1 Å². The van der Waals surface area contributed by atoms with E-state index in [9.17, 15) is 28.1 Å². The second kappa shape index (κ2) is 6.80. The first-order chi connectivity index (χ1) is 11.6. The molecule has 9 heteroatoms. The number of ether oxygens (including phenoxy) is 1. The number of carbonyl (C=O) groups excluding carboxylic acids is 1. The summed E-state index contributed by atoms with van der Waals surface area (Å²) in [6, 6.07) is 6.76. The van der Waals surface area contributed by atoms with Crippen molar-refractivity contribution in [1.29, 1.82) is 0 Å². The Hall–Kier alpha value is -3.10. The Morgan fingerprint density at radius 3 is 2.44 bits per heavy atom. The van der Waals surface area contributed by atoms with Crippen molar-refractivity contribution >= 4 is 23.0 Å². The molecular weight excluding hydrogens is 341 g/mol. The Balaban J connectivity index is 2.48. The number of hydrogen-bond acceptors (Lipinski definition) is 5. The number of nitrogens with one attached hydrogen (secondary N) is 1. The van der Waals surface area contributed by atoms with Crippen LogP contribution in [0.5, 0.6) is 0 Å². The highest BCUT2D eigenvalue weighted by molar-refractivity contribution is 5.93. The van der Waals surface area contributed by atoms with Gasteiger partial charge in [0.05, 0.1) is 23.2 Å². The first-order valence-corrected chi connectivity index (χ1v) is 6.95. The maximum Gasteiger partial charge on any atom is 0.416 e. The Morgan fingerprint density at radius 1 is 1.20 bits per heavy atom. The van der Waals surface area contributed by atoms with E-state index < -0.39 is 28.3 Å². The highest BCUT2D eigenvalue weighted by atomic mass is 19.4. The number of nitro groups is 1. The van der Waals surface area contributed by atoms with Crippen molar-refractivity contribution in [1.82, 2.24) is 0 Å². The van der Waals surface area contributed by atoms with E-state index in [1.165, 1.54) is 19.2 Å². The maximum absolute atomic E-state index is 12.7. The zero-order chi connectivity index (χ0) is 18.8. The van der Waals surface area contributed by atoms with Crippen LogP contribution in [0.25, 0.3) is 0 Å². The normalized spacial score (nSPS) is 11.1. The summed E-state index contributed by atoms with van der Waals surface area (Å²) >= 11 is 0. The minimum atomic E-state index is -4.69. The number of alkyl halides is 3. The van der Waals surface area contributed by atoms with E-state index in [-0.39, 0.29) is 11.3 Å². The second-order valence-electron chi connectivity index (χ2n) is 5.08. The number of hydrogen-bond donors (Lipinski definition) is 1. The molecule has 2 aromatic carbocycles. The van der Waals surface area contributed by atoms with Crippen molar-refractivity contribution in [2.24, 2.45) is 0 Å². The first-order valence-electron chi connectivity index (χ1n) is 6.95. The monoisotopic (exact) mass is 354 g/mol. The lowest BCUT2D eigenvalue weighted by atomic mass is 10.1. The van der Waals surface area contributed by atoms with Crippen LogP contribution in [-0.2, 0) is 10.9 Å². The average Bonchev–Trinajstić information content (AvgIpc) is 2.55. The van der Waals surface area contributed by atoms with Crippen LogP contribution >= 0.6 is 0 Å². The molecule has 6 nitrogen and oxygen atoms in total. The van der Waals surface area contributed by atoms with Gasteiger partial charge in [0.2, 0.25) is 0 Å². The first kappa shape index (κ1) is 18.2. The van der Waals surface area contributed by atoms with E-state index in [4.69, 9.17) is 0 Å². The molecule has 0 aliphatic rings. The predicted octanol–water partition coefficient (Wildman–Crippen LogP) is 4.45. The molecule has 0 spiro atoms. The van der Waals surface area contributed by atoms with E-state index in [0.717, 1.165) is 12.1 Å². The number of methoxy groups -OCH3 is 1. The number of carbonyl (C=O) groups is 1. The summed E-state index contributed by atoms with van der Waals surface area (Å²) in [5.41, 5.74) is -0.943. The van der Waals surface area contributed by atoms with Gasteiger partial charge in [-0.25, -0.2) is 4.79 Å². The molecule has 0 aromatic heterocycles. The van der Waals surface area contributed by atoms with E-state index in [2.05, 4.69) is 10.1 Å². The van der Waals surface area contributed by atoms with Gasteiger partial charge in [-0.3, -0.25) is 10.1 Å². The number of nitrogens with zero attached hydrogens (tertiary/aromatic N) is 1. The van der Waals surface area contributed by atoms with Gasteiger partial charge in [-0.05, 0) is 36.8 Å². The van der Waals surface area contributed by atoms with Crippen LogP contribution in [0.1, 0.15) is 21.5 Å². The van der Waals surface area contributed by atoms with Gasteiger partial charge in [0.15, 0.2) is 0 Å². The molecule has 0 heterocycles. The number of halogens is 3. The fourth-order valence-corrected chi connectivity index (χ4v) is 2.21. The molecule has 0 aliphatic carbocycles. The molecule has 0 amide bonds. The summed E-state index contributed by atoms with van der Waals surface area (Å²) in [5.74, 6) is -0.594. The molecule has 25 heavy (non-hydrogen) atoms. The van der Waals surface area contributed by atoms with Crippen molar-refractivity contribution in [3.05, 3.63) is 63.2 Å². The van der Waals surface area contributed by atoms with Crippen LogP contribution in [0.3, 0.4) is 0 Å². The Kier molecular flexibility index (Phi) is 4.96. The number of esters is 1. The van der Waals surface area contributed by atoms with Gasteiger partial charge in [0.1, 0.15) is 5.69 Å². The highest BCUT2D eigenvalue weighted by Gasteiger charge is 2.33. The fourth-order valence-electron chi connectivity index (χ4n) is 2.21. The number of rotatable bonds is 4.